The predicted molar refractivity (Wildman–Crippen MR) is 103 cm³/mol. The number of nitrogens with zero attached hydrogens (tertiary/aromatic N) is 1. The van der Waals surface area contributed by atoms with E-state index in [-0.39, 0.29) is 24.0 Å². The largest absolute Gasteiger partial charge is 0.497 e. The maximum Gasteiger partial charge on any atom is 0.267 e. The van der Waals surface area contributed by atoms with Crippen LogP contribution >= 0.6 is 0 Å². The van der Waals surface area contributed by atoms with E-state index in [0.717, 1.165) is 18.6 Å². The van der Waals surface area contributed by atoms with Crippen LogP contribution in [0.2, 0.25) is 0 Å². The van der Waals surface area contributed by atoms with Crippen molar-refractivity contribution >= 4 is 5.91 Å². The number of hydrogen-bond acceptors (Lipinski definition) is 4. The number of benzene rings is 2. The molecule has 0 N–H and O–H groups in total. The molecule has 4 aliphatic rings. The van der Waals surface area contributed by atoms with Crippen LogP contribution in [0, 0.1) is 5.92 Å². The summed E-state index contributed by atoms with van der Waals surface area (Å²) in [4.78, 5) is 15.4. The maximum atomic E-state index is 13.3. The number of rotatable bonds is 2. The Morgan fingerprint density at radius 3 is 2.82 bits per heavy atom. The third-order valence-electron chi connectivity index (χ3n) is 7.31. The Morgan fingerprint density at radius 1 is 1.18 bits per heavy atom. The zero-order valence-electron chi connectivity index (χ0n) is 16.1. The van der Waals surface area contributed by atoms with Crippen molar-refractivity contribution in [2.45, 2.75) is 43.4 Å². The summed E-state index contributed by atoms with van der Waals surface area (Å²) in [5.74, 6) is 2.89. The molecule has 5 nitrogen and oxygen atoms in total. The highest BCUT2D eigenvalue weighted by molar-refractivity contribution is 5.84. The first kappa shape index (κ1) is 16.3. The van der Waals surface area contributed by atoms with Crippen LogP contribution in [-0.4, -0.2) is 42.7 Å². The van der Waals surface area contributed by atoms with E-state index in [0.29, 0.717) is 23.5 Å². The molecule has 0 aromatic heterocycles. The molecule has 1 saturated carbocycles. The topological polar surface area (TPSA) is 48.0 Å². The van der Waals surface area contributed by atoms with Crippen LogP contribution < -0.4 is 14.2 Å². The third kappa shape index (κ3) is 1.94. The normalized spacial score (nSPS) is 33.7. The monoisotopic (exact) mass is 377 g/mol. The molecule has 28 heavy (non-hydrogen) atoms. The minimum atomic E-state index is -0.556. The van der Waals surface area contributed by atoms with Crippen LogP contribution in [-0.2, 0) is 16.6 Å². The van der Waals surface area contributed by atoms with Gasteiger partial charge in [-0.15, -0.1) is 0 Å². The second-order valence-corrected chi connectivity index (χ2v) is 8.62. The number of fused-ring (bicyclic) bond motifs is 3. The fraction of sp³-hybridized carbons (Fsp3) is 0.435. The smallest absolute Gasteiger partial charge is 0.267 e. The van der Waals surface area contributed by atoms with E-state index in [1.165, 1.54) is 11.1 Å². The molecule has 2 aliphatic heterocycles. The molecular weight excluding hydrogens is 354 g/mol. The highest BCUT2D eigenvalue weighted by Crippen LogP contribution is 2.64. The van der Waals surface area contributed by atoms with Gasteiger partial charge in [-0.3, -0.25) is 4.79 Å². The molecule has 0 bridgehead atoms. The van der Waals surface area contributed by atoms with Crippen molar-refractivity contribution in [3.63, 3.8) is 0 Å². The minimum Gasteiger partial charge on any atom is -0.497 e. The van der Waals surface area contributed by atoms with Crippen molar-refractivity contribution in [2.75, 3.05) is 13.7 Å². The Bertz CT molecular complexity index is 988. The van der Waals surface area contributed by atoms with Crippen molar-refractivity contribution in [3.05, 3.63) is 53.6 Å². The molecule has 0 spiro atoms. The van der Waals surface area contributed by atoms with Crippen molar-refractivity contribution in [1.82, 2.24) is 4.90 Å². The highest BCUT2D eigenvalue weighted by atomic mass is 16.6. The average molecular weight is 377 g/mol. The third-order valence-corrected chi connectivity index (χ3v) is 7.31. The van der Waals surface area contributed by atoms with Gasteiger partial charge in [0.2, 0.25) is 6.10 Å². The van der Waals surface area contributed by atoms with Gasteiger partial charge in [0.05, 0.1) is 7.11 Å². The second-order valence-electron chi connectivity index (χ2n) is 8.62. The molecule has 2 fully saturated rings. The first-order valence-electron chi connectivity index (χ1n) is 9.98. The van der Waals surface area contributed by atoms with E-state index in [2.05, 4.69) is 24.0 Å². The Labute approximate surface area is 164 Å². The number of carbonyl (C=O) groups is 1. The number of piperidine rings is 1. The molecule has 2 aromatic carbocycles. The summed E-state index contributed by atoms with van der Waals surface area (Å²) in [6.45, 7) is 2.62. The number of likely N-dealkylation sites (tertiary alicyclic amines) is 1. The summed E-state index contributed by atoms with van der Waals surface area (Å²) >= 11 is 0. The SMILES string of the molecule is COc1ccc2c(c1)[C@]1(C)CC3[C@H]1[C@@H](C2)N3C(=O)[C@H]1COc2ccccc2O1. The van der Waals surface area contributed by atoms with Crippen molar-refractivity contribution in [1.29, 1.82) is 0 Å². The molecule has 5 heteroatoms. The number of carbonyl (C=O) groups excluding carboxylic acids is 1. The van der Waals surface area contributed by atoms with E-state index in [9.17, 15) is 4.79 Å². The van der Waals surface area contributed by atoms with Gasteiger partial charge in [0.25, 0.3) is 5.91 Å². The number of para-hydroxylation sites is 2. The van der Waals surface area contributed by atoms with Crippen molar-refractivity contribution in [2.24, 2.45) is 5.92 Å². The predicted octanol–water partition coefficient (Wildman–Crippen LogP) is 2.95. The van der Waals surface area contributed by atoms with E-state index in [1.54, 1.807) is 7.11 Å². The lowest BCUT2D eigenvalue weighted by atomic mass is 9.43. The Balaban J connectivity index is 1.27. The van der Waals surface area contributed by atoms with E-state index in [1.807, 2.05) is 30.3 Å². The summed E-state index contributed by atoms with van der Waals surface area (Å²) in [5.41, 5.74) is 2.89. The van der Waals surface area contributed by atoms with Gasteiger partial charge < -0.3 is 19.1 Å². The van der Waals surface area contributed by atoms with E-state index in [4.69, 9.17) is 14.2 Å². The molecule has 6 rings (SSSR count). The quantitative estimate of drug-likeness (QED) is 0.807. The number of hydrogen-bond donors (Lipinski definition) is 0. The zero-order valence-corrected chi connectivity index (χ0v) is 16.1. The second kappa shape index (κ2) is 5.43. The van der Waals surface area contributed by atoms with Gasteiger partial charge in [0.1, 0.15) is 12.4 Å². The fourth-order valence-electron chi connectivity index (χ4n) is 6.00. The van der Waals surface area contributed by atoms with Crippen LogP contribution in [0.4, 0.5) is 0 Å². The van der Waals surface area contributed by atoms with Gasteiger partial charge in [-0.2, -0.15) is 0 Å². The molecule has 1 saturated heterocycles. The van der Waals surface area contributed by atoms with E-state index < -0.39 is 6.10 Å². The lowest BCUT2D eigenvalue weighted by Gasteiger charge is -2.73. The fourth-order valence-corrected chi connectivity index (χ4v) is 6.00. The average Bonchev–Trinajstić information content (AvgIpc) is 2.71. The lowest BCUT2D eigenvalue weighted by Crippen LogP contribution is -2.81. The first-order valence-corrected chi connectivity index (χ1v) is 9.98. The molecule has 2 aromatic rings. The van der Waals surface area contributed by atoms with Crippen molar-refractivity contribution in [3.8, 4) is 17.2 Å². The Kier molecular flexibility index (Phi) is 3.16. The molecule has 144 valence electrons. The lowest BCUT2D eigenvalue weighted by molar-refractivity contribution is -0.201. The van der Waals surface area contributed by atoms with Crippen LogP contribution in [0.25, 0.3) is 0 Å². The van der Waals surface area contributed by atoms with Gasteiger partial charge >= 0.3 is 0 Å². The number of methoxy groups -OCH3 is 1. The van der Waals surface area contributed by atoms with Crippen LogP contribution in [0.5, 0.6) is 17.2 Å². The molecule has 1 amide bonds. The molecule has 2 heterocycles. The van der Waals surface area contributed by atoms with Gasteiger partial charge in [-0.05, 0) is 48.2 Å². The molecular formula is C23H23NO4. The van der Waals surface area contributed by atoms with Crippen LogP contribution in [0.1, 0.15) is 24.5 Å². The van der Waals surface area contributed by atoms with Gasteiger partial charge in [-0.25, -0.2) is 0 Å². The Morgan fingerprint density at radius 2 is 2.00 bits per heavy atom. The maximum absolute atomic E-state index is 13.3. The summed E-state index contributed by atoms with van der Waals surface area (Å²) < 4.78 is 17.2. The van der Waals surface area contributed by atoms with Crippen molar-refractivity contribution < 1.29 is 19.0 Å². The molecule has 2 aliphatic carbocycles. The molecule has 5 atom stereocenters. The molecule has 1 unspecified atom stereocenters. The highest BCUT2D eigenvalue weighted by Gasteiger charge is 2.69. The zero-order chi connectivity index (χ0) is 19.0. The van der Waals surface area contributed by atoms with Gasteiger partial charge in [0.15, 0.2) is 11.5 Å². The van der Waals surface area contributed by atoms with Gasteiger partial charge in [-0.1, -0.05) is 25.1 Å². The summed E-state index contributed by atoms with van der Waals surface area (Å²) in [5, 5.41) is 0. The molecule has 0 radical (unpaired) electrons. The Hall–Kier alpha value is -2.69. The summed E-state index contributed by atoms with van der Waals surface area (Å²) in [7, 11) is 1.72. The number of amides is 1. The first-order chi connectivity index (χ1) is 13.6. The van der Waals surface area contributed by atoms with E-state index >= 15 is 0 Å². The standard InChI is InChI=1S/C23H23NO4/c1-23-11-17-21(23)16(9-13-7-8-14(26-2)10-15(13)23)24(17)22(25)20-12-27-18-5-3-4-6-19(18)28-20/h3-8,10,16-17,20-21H,9,11-12H2,1-2H3/t16-,17?,20-,21-,23+/m1/s1. The summed E-state index contributed by atoms with van der Waals surface area (Å²) in [6.07, 6.45) is 1.36. The van der Waals surface area contributed by atoms with Gasteiger partial charge in [0, 0.05) is 23.4 Å². The van der Waals surface area contributed by atoms with Crippen LogP contribution in [0.3, 0.4) is 0 Å². The minimum absolute atomic E-state index is 0.0692. The van der Waals surface area contributed by atoms with Crippen LogP contribution in [0.15, 0.2) is 42.5 Å². The summed E-state index contributed by atoms with van der Waals surface area (Å²) in [6, 6.07) is 14.5. The number of ether oxygens (including phenoxy) is 3.